The minimum atomic E-state index is -1.70. The fourth-order valence-corrected chi connectivity index (χ4v) is 5.73. The number of cyclic esters (lactones) is 1. The fraction of sp³-hybridized carbons (Fsp3) is 0.538. The van der Waals surface area contributed by atoms with Crippen molar-refractivity contribution in [3.63, 3.8) is 0 Å². The number of nitrogens with one attached hydrogen (secondary N) is 3. The number of phenols is 2. The van der Waals surface area contributed by atoms with Gasteiger partial charge in [-0.3, -0.25) is 24.0 Å². The lowest BCUT2D eigenvalue weighted by atomic mass is 10.0. The zero-order valence-corrected chi connectivity index (χ0v) is 24.6. The van der Waals surface area contributed by atoms with E-state index >= 15 is 0 Å². The smallest absolute Gasteiger partial charge is 0.339 e. The zero-order valence-electron chi connectivity index (χ0n) is 23.8. The van der Waals surface area contributed by atoms with Crippen LogP contribution in [-0.4, -0.2) is 128 Å². The van der Waals surface area contributed by atoms with Gasteiger partial charge in [-0.25, -0.2) is 4.79 Å². The van der Waals surface area contributed by atoms with E-state index in [1.54, 1.807) is 0 Å². The Morgan fingerprint density at radius 3 is 2.52 bits per heavy atom. The van der Waals surface area contributed by atoms with Crippen LogP contribution in [-0.2, 0) is 34.5 Å². The number of nitrogens with two attached hydrogens (primary N) is 1. The summed E-state index contributed by atoms with van der Waals surface area (Å²) >= 11 is 0.990. The molecule has 1 aromatic carbocycles. The van der Waals surface area contributed by atoms with Gasteiger partial charge in [0, 0.05) is 35.2 Å². The van der Waals surface area contributed by atoms with E-state index in [1.165, 1.54) is 13.8 Å². The number of fused-ring (bicyclic) bond motifs is 1. The van der Waals surface area contributed by atoms with E-state index in [-0.39, 0.29) is 41.2 Å². The maximum Gasteiger partial charge on any atom is 0.339 e. The summed E-state index contributed by atoms with van der Waals surface area (Å²) in [6.45, 7) is 0.965. The second-order valence-electron chi connectivity index (χ2n) is 10.3. The number of phenolic OH excluding ortho intramolecular Hbond substituents is 2. The number of esters is 1. The summed E-state index contributed by atoms with van der Waals surface area (Å²) in [5.74, 6) is -7.27. The molecule has 0 spiro atoms. The van der Waals surface area contributed by atoms with Crippen LogP contribution in [0.1, 0.15) is 34.8 Å². The Kier molecular flexibility index (Phi) is 11.4. The number of amides is 4. The van der Waals surface area contributed by atoms with E-state index in [9.17, 15) is 54.3 Å². The zero-order chi connectivity index (χ0) is 32.9. The predicted octanol–water partition coefficient (Wildman–Crippen LogP) is -3.35. The summed E-state index contributed by atoms with van der Waals surface area (Å²) < 4.78 is 5.31. The number of rotatable bonds is 7. The number of hydrogen-bond donors (Lipinski definition) is 9. The number of thioether (sulfide) groups is 1. The van der Waals surface area contributed by atoms with Crippen molar-refractivity contribution in [2.24, 2.45) is 5.73 Å². The summed E-state index contributed by atoms with van der Waals surface area (Å²) in [6.07, 6.45) is -1.38. The van der Waals surface area contributed by atoms with Crippen LogP contribution < -0.4 is 21.7 Å². The quantitative estimate of drug-likeness (QED) is 0.132. The predicted molar refractivity (Wildman–Crippen MR) is 151 cm³/mol. The lowest BCUT2D eigenvalue weighted by Crippen LogP contribution is -2.61. The van der Waals surface area contributed by atoms with Crippen molar-refractivity contribution in [3.05, 3.63) is 22.8 Å². The van der Waals surface area contributed by atoms with E-state index < -0.39 is 96.6 Å². The Morgan fingerprint density at radius 2 is 1.89 bits per heavy atom. The van der Waals surface area contributed by atoms with Gasteiger partial charge in [-0.15, -0.1) is 0 Å². The highest BCUT2D eigenvalue weighted by Crippen LogP contribution is 2.35. The lowest BCUT2D eigenvalue weighted by Gasteiger charge is -2.29. The van der Waals surface area contributed by atoms with Crippen LogP contribution >= 0.6 is 11.8 Å². The van der Waals surface area contributed by atoms with Gasteiger partial charge in [0.25, 0.3) is 0 Å². The van der Waals surface area contributed by atoms with Crippen molar-refractivity contribution in [2.45, 2.75) is 62.3 Å². The Bertz CT molecular complexity index is 1330. The first-order valence-corrected chi connectivity index (χ1v) is 14.6. The third kappa shape index (κ3) is 7.68. The molecule has 4 amide bonds. The molecule has 18 heteroatoms. The minimum Gasteiger partial charge on any atom is -0.508 e. The molecule has 2 heterocycles. The first-order valence-electron chi connectivity index (χ1n) is 13.5. The molecular formula is C26H35N5O12S. The van der Waals surface area contributed by atoms with Crippen LogP contribution in [0.15, 0.2) is 6.07 Å². The molecule has 0 saturated carbocycles. The monoisotopic (exact) mass is 641 g/mol. The highest BCUT2D eigenvalue weighted by atomic mass is 32.2. The molecule has 10 N–H and O–H groups in total. The molecule has 44 heavy (non-hydrogen) atoms. The fourth-order valence-electron chi connectivity index (χ4n) is 4.64. The number of aliphatic hydroxyl groups is 2. The summed E-state index contributed by atoms with van der Waals surface area (Å²) in [7, 11) is 0. The number of carbonyl (C=O) groups is 6. The molecule has 0 unspecified atom stereocenters. The standard InChI is InChI=1S/C26H35N5O12S/c1-10-17(34)5-18(35)12-8-44-9-15(22(37)28-11(2)25(40)41)30-21(36)14(7-43-26(42)19(10)12)29-23(38)20-16(33)3-4-31(20)24(39)13(27)6-32/h5,11,13-16,20,32-35H,3-4,6-9,27H2,1-2H3,(H,28,37)(H,29,38)(H,30,36)(H,40,41)/t11-,13-,14-,15+,16+,20-/m0/s1. The molecule has 2 aliphatic rings. The molecule has 1 fully saturated rings. The average Bonchev–Trinajstić information content (AvgIpc) is 3.36. The third-order valence-corrected chi connectivity index (χ3v) is 8.25. The van der Waals surface area contributed by atoms with Gasteiger partial charge < -0.3 is 56.9 Å². The number of carbonyl (C=O) groups excluding carboxylic acids is 5. The van der Waals surface area contributed by atoms with Crippen LogP contribution in [0, 0.1) is 6.92 Å². The molecule has 1 aromatic rings. The number of carboxylic acids is 1. The van der Waals surface area contributed by atoms with Gasteiger partial charge in [-0.2, -0.15) is 11.8 Å². The topological polar surface area (TPSA) is 278 Å². The molecule has 0 radical (unpaired) electrons. The van der Waals surface area contributed by atoms with Gasteiger partial charge in [0.2, 0.25) is 23.6 Å². The Labute approximate surface area is 255 Å². The number of nitrogens with zero attached hydrogens (tertiary/aromatic N) is 1. The van der Waals surface area contributed by atoms with Gasteiger partial charge in [-0.1, -0.05) is 0 Å². The number of aromatic hydroxyl groups is 2. The van der Waals surface area contributed by atoms with E-state index in [2.05, 4.69) is 16.0 Å². The van der Waals surface area contributed by atoms with Gasteiger partial charge >= 0.3 is 11.9 Å². The van der Waals surface area contributed by atoms with Crippen LogP contribution in [0.25, 0.3) is 0 Å². The van der Waals surface area contributed by atoms with Gasteiger partial charge in [0.1, 0.15) is 48.3 Å². The number of aliphatic hydroxyl groups excluding tert-OH is 2. The highest BCUT2D eigenvalue weighted by molar-refractivity contribution is 7.98. The molecule has 6 atom stereocenters. The number of ether oxygens (including phenoxy) is 1. The Hall–Kier alpha value is -4.13. The molecule has 3 rings (SSSR count). The Balaban J connectivity index is 1.96. The van der Waals surface area contributed by atoms with E-state index in [0.29, 0.717) is 0 Å². The summed E-state index contributed by atoms with van der Waals surface area (Å²) in [6, 6.07) is -6.26. The minimum absolute atomic E-state index is 0.0158. The SMILES string of the molecule is Cc1c(O)cc(O)c2c1C(=O)OC[C@H](NC(=O)[C@@H]1[C@H](O)CCN1C(=O)[C@@H](N)CO)C(=O)N[C@@H](C(=O)N[C@@H](C)C(=O)O)CSC2. The van der Waals surface area contributed by atoms with Crippen LogP contribution in [0.2, 0.25) is 0 Å². The van der Waals surface area contributed by atoms with E-state index in [1.807, 2.05) is 0 Å². The van der Waals surface area contributed by atoms with Crippen molar-refractivity contribution >= 4 is 47.3 Å². The highest BCUT2D eigenvalue weighted by Gasteiger charge is 2.43. The van der Waals surface area contributed by atoms with Gasteiger partial charge in [0.15, 0.2) is 0 Å². The summed E-state index contributed by atoms with van der Waals surface area (Å²) in [5.41, 5.74) is 5.51. The van der Waals surface area contributed by atoms with Crippen molar-refractivity contribution in [1.82, 2.24) is 20.9 Å². The van der Waals surface area contributed by atoms with Gasteiger partial charge in [-0.05, 0) is 20.3 Å². The van der Waals surface area contributed by atoms with E-state index in [0.717, 1.165) is 22.7 Å². The number of hydrogen-bond acceptors (Lipinski definition) is 13. The van der Waals surface area contributed by atoms with Gasteiger partial charge in [0.05, 0.1) is 18.3 Å². The third-order valence-electron chi connectivity index (χ3n) is 7.19. The molecule has 0 bridgehead atoms. The van der Waals surface area contributed by atoms with Crippen molar-refractivity contribution in [2.75, 3.05) is 25.5 Å². The van der Waals surface area contributed by atoms with Crippen molar-refractivity contribution < 1.29 is 59.0 Å². The second kappa shape index (κ2) is 14.6. The second-order valence-corrected chi connectivity index (χ2v) is 11.3. The largest absolute Gasteiger partial charge is 0.508 e. The molecule has 1 saturated heterocycles. The Morgan fingerprint density at radius 1 is 1.20 bits per heavy atom. The molecule has 2 aliphatic heterocycles. The van der Waals surface area contributed by atoms with Crippen molar-refractivity contribution in [3.8, 4) is 11.5 Å². The number of aliphatic carboxylic acids is 1. The average molecular weight is 642 g/mol. The number of likely N-dealkylation sites (tertiary alicyclic amines) is 1. The van der Waals surface area contributed by atoms with Crippen LogP contribution in [0.5, 0.6) is 11.5 Å². The first-order chi connectivity index (χ1) is 20.7. The molecule has 0 aliphatic carbocycles. The normalized spacial score (nSPS) is 24.0. The van der Waals surface area contributed by atoms with E-state index in [4.69, 9.17) is 10.5 Å². The maximum atomic E-state index is 13.4. The lowest BCUT2D eigenvalue weighted by molar-refractivity contribution is -0.143. The van der Waals surface area contributed by atoms with Crippen molar-refractivity contribution in [1.29, 1.82) is 0 Å². The summed E-state index contributed by atoms with van der Waals surface area (Å²) in [5, 5.41) is 56.6. The van der Waals surface area contributed by atoms with Crippen LogP contribution in [0.3, 0.4) is 0 Å². The maximum absolute atomic E-state index is 13.4. The molecule has 242 valence electrons. The molecule has 17 nitrogen and oxygen atoms in total. The summed E-state index contributed by atoms with van der Waals surface area (Å²) in [4.78, 5) is 77.7. The van der Waals surface area contributed by atoms with Crippen LogP contribution in [0.4, 0.5) is 0 Å². The molecule has 0 aromatic heterocycles. The first kappa shape index (κ1) is 34.4. The molecular weight excluding hydrogens is 606 g/mol. The number of carboxylic acid groups (broad SMARTS) is 1. The number of benzene rings is 1.